The highest BCUT2D eigenvalue weighted by Crippen LogP contribution is 2.21. The van der Waals surface area contributed by atoms with Crippen LogP contribution in [0.25, 0.3) is 5.69 Å². The molecule has 0 bridgehead atoms. The summed E-state index contributed by atoms with van der Waals surface area (Å²) in [5.41, 5.74) is 2.52. The number of aryl methyl sites for hydroxylation is 1. The van der Waals surface area contributed by atoms with E-state index in [0.29, 0.717) is 17.8 Å². The van der Waals surface area contributed by atoms with Gasteiger partial charge in [-0.25, -0.2) is 9.37 Å². The standard InChI is InChI=1S/C22H21FN4O2/c1-14-2-5-16(21(28)26-18-8-9-18)12-19(14)27-11-10-24-20(22(27)29)25-13-15-3-6-17(23)7-4-15/h2-7,10-12,18H,8-9,13H2,1H3,(H,24,25)(H,26,28). The van der Waals surface area contributed by atoms with E-state index in [-0.39, 0.29) is 29.1 Å². The van der Waals surface area contributed by atoms with Crippen LogP contribution in [0.1, 0.15) is 34.3 Å². The summed E-state index contributed by atoms with van der Waals surface area (Å²) in [6.07, 6.45) is 5.13. The fraction of sp³-hybridized carbons (Fsp3) is 0.227. The summed E-state index contributed by atoms with van der Waals surface area (Å²) in [7, 11) is 0. The van der Waals surface area contributed by atoms with E-state index in [1.165, 1.54) is 22.9 Å². The molecule has 2 aromatic carbocycles. The third kappa shape index (κ3) is 4.34. The molecule has 0 unspecified atom stereocenters. The van der Waals surface area contributed by atoms with E-state index in [4.69, 9.17) is 0 Å². The first kappa shape index (κ1) is 18.9. The van der Waals surface area contributed by atoms with Crippen LogP contribution in [0.4, 0.5) is 10.2 Å². The molecule has 6 nitrogen and oxygen atoms in total. The molecule has 148 valence electrons. The molecule has 1 saturated carbocycles. The monoisotopic (exact) mass is 392 g/mol. The molecule has 0 spiro atoms. The van der Waals surface area contributed by atoms with Crippen LogP contribution in [0.15, 0.2) is 59.7 Å². The Morgan fingerprint density at radius 2 is 1.97 bits per heavy atom. The Morgan fingerprint density at radius 1 is 1.21 bits per heavy atom. The van der Waals surface area contributed by atoms with E-state index in [2.05, 4.69) is 15.6 Å². The summed E-state index contributed by atoms with van der Waals surface area (Å²) in [6.45, 7) is 2.23. The van der Waals surface area contributed by atoms with Crippen LogP contribution in [-0.2, 0) is 6.54 Å². The summed E-state index contributed by atoms with van der Waals surface area (Å²) >= 11 is 0. The van der Waals surface area contributed by atoms with Crippen molar-refractivity contribution in [2.45, 2.75) is 32.4 Å². The number of carbonyl (C=O) groups excluding carboxylic acids is 1. The number of carbonyl (C=O) groups is 1. The van der Waals surface area contributed by atoms with Crippen molar-refractivity contribution < 1.29 is 9.18 Å². The number of anilines is 1. The van der Waals surface area contributed by atoms with Crippen molar-refractivity contribution >= 4 is 11.7 Å². The molecule has 1 amide bonds. The van der Waals surface area contributed by atoms with Gasteiger partial charge in [-0.2, -0.15) is 0 Å². The van der Waals surface area contributed by atoms with E-state index in [1.807, 2.05) is 13.0 Å². The predicted molar refractivity (Wildman–Crippen MR) is 109 cm³/mol. The number of halogens is 1. The zero-order chi connectivity index (χ0) is 20.4. The van der Waals surface area contributed by atoms with Crippen molar-refractivity contribution in [1.29, 1.82) is 0 Å². The van der Waals surface area contributed by atoms with Crippen molar-refractivity contribution in [1.82, 2.24) is 14.9 Å². The highest BCUT2D eigenvalue weighted by molar-refractivity contribution is 5.95. The molecule has 0 radical (unpaired) electrons. The van der Waals surface area contributed by atoms with Crippen molar-refractivity contribution in [2.75, 3.05) is 5.32 Å². The lowest BCUT2D eigenvalue weighted by Crippen LogP contribution is -2.26. The van der Waals surface area contributed by atoms with E-state index >= 15 is 0 Å². The van der Waals surface area contributed by atoms with Crippen LogP contribution in [-0.4, -0.2) is 21.5 Å². The average Bonchev–Trinajstić information content (AvgIpc) is 3.53. The number of rotatable bonds is 6. The first-order valence-electron chi connectivity index (χ1n) is 9.49. The molecule has 3 aromatic rings. The Hall–Kier alpha value is -3.48. The van der Waals surface area contributed by atoms with E-state index in [9.17, 15) is 14.0 Å². The predicted octanol–water partition coefficient (Wildman–Crippen LogP) is 3.18. The van der Waals surface area contributed by atoms with E-state index < -0.39 is 0 Å². The first-order valence-corrected chi connectivity index (χ1v) is 9.49. The van der Waals surface area contributed by atoms with Gasteiger partial charge in [-0.05, 0) is 55.2 Å². The Morgan fingerprint density at radius 3 is 2.69 bits per heavy atom. The molecule has 1 aliphatic rings. The molecular formula is C22H21FN4O2. The molecule has 1 heterocycles. The van der Waals surface area contributed by atoms with E-state index in [1.54, 1.807) is 30.5 Å². The minimum Gasteiger partial charge on any atom is -0.361 e. The van der Waals surface area contributed by atoms with Crippen molar-refractivity contribution in [3.63, 3.8) is 0 Å². The Bertz CT molecular complexity index is 1100. The van der Waals surface area contributed by atoms with Gasteiger partial charge < -0.3 is 10.6 Å². The van der Waals surface area contributed by atoms with Gasteiger partial charge in [0, 0.05) is 30.5 Å². The highest BCUT2D eigenvalue weighted by atomic mass is 19.1. The number of nitrogens with one attached hydrogen (secondary N) is 2. The second-order valence-electron chi connectivity index (χ2n) is 7.18. The zero-order valence-corrected chi connectivity index (χ0v) is 16.0. The average molecular weight is 392 g/mol. The molecule has 0 saturated heterocycles. The number of aromatic nitrogens is 2. The third-order valence-electron chi connectivity index (χ3n) is 4.86. The largest absolute Gasteiger partial charge is 0.361 e. The van der Waals surface area contributed by atoms with Gasteiger partial charge in [-0.1, -0.05) is 18.2 Å². The molecular weight excluding hydrogens is 371 g/mol. The molecule has 1 aromatic heterocycles. The molecule has 0 aliphatic heterocycles. The van der Waals surface area contributed by atoms with Gasteiger partial charge in [-0.15, -0.1) is 0 Å². The summed E-state index contributed by atoms with van der Waals surface area (Å²) in [5.74, 6) is -0.260. The van der Waals surface area contributed by atoms with Crippen LogP contribution in [0.5, 0.6) is 0 Å². The normalized spacial score (nSPS) is 13.2. The lowest BCUT2D eigenvalue weighted by Gasteiger charge is -2.13. The maximum Gasteiger partial charge on any atom is 0.297 e. The first-order chi connectivity index (χ1) is 14.0. The number of amides is 1. The smallest absolute Gasteiger partial charge is 0.297 e. The van der Waals surface area contributed by atoms with Crippen LogP contribution >= 0.6 is 0 Å². The number of hydrogen-bond donors (Lipinski definition) is 2. The summed E-state index contributed by atoms with van der Waals surface area (Å²) < 4.78 is 14.5. The SMILES string of the molecule is Cc1ccc(C(=O)NC2CC2)cc1-n1ccnc(NCc2ccc(F)cc2)c1=O. The van der Waals surface area contributed by atoms with Crippen LogP contribution in [0.3, 0.4) is 0 Å². The number of hydrogen-bond acceptors (Lipinski definition) is 4. The quantitative estimate of drug-likeness (QED) is 0.676. The molecule has 2 N–H and O–H groups in total. The minimum absolute atomic E-state index is 0.134. The summed E-state index contributed by atoms with van der Waals surface area (Å²) in [5, 5.41) is 5.96. The molecule has 1 fully saturated rings. The van der Waals surface area contributed by atoms with Crippen LogP contribution < -0.4 is 16.2 Å². The second kappa shape index (κ2) is 7.87. The lowest BCUT2D eigenvalue weighted by molar-refractivity contribution is 0.0951. The number of benzene rings is 2. The fourth-order valence-electron chi connectivity index (χ4n) is 3.02. The summed E-state index contributed by atoms with van der Waals surface area (Å²) in [6, 6.07) is 11.6. The van der Waals surface area contributed by atoms with Gasteiger partial charge in [0.15, 0.2) is 5.82 Å². The summed E-state index contributed by atoms with van der Waals surface area (Å²) in [4.78, 5) is 29.5. The number of nitrogens with zero attached hydrogens (tertiary/aromatic N) is 2. The molecule has 0 atom stereocenters. The second-order valence-corrected chi connectivity index (χ2v) is 7.18. The maximum absolute atomic E-state index is 13.0. The van der Waals surface area contributed by atoms with Crippen molar-refractivity contribution in [3.05, 3.63) is 87.7 Å². The molecule has 7 heteroatoms. The van der Waals surface area contributed by atoms with Gasteiger partial charge in [-0.3, -0.25) is 14.2 Å². The highest BCUT2D eigenvalue weighted by Gasteiger charge is 2.24. The topological polar surface area (TPSA) is 76.0 Å². The van der Waals surface area contributed by atoms with E-state index in [0.717, 1.165) is 24.0 Å². The fourth-order valence-corrected chi connectivity index (χ4v) is 3.02. The van der Waals surface area contributed by atoms with Gasteiger partial charge in [0.1, 0.15) is 5.82 Å². The van der Waals surface area contributed by atoms with Gasteiger partial charge >= 0.3 is 0 Å². The molecule has 1 aliphatic carbocycles. The lowest BCUT2D eigenvalue weighted by atomic mass is 10.1. The van der Waals surface area contributed by atoms with Gasteiger partial charge in [0.2, 0.25) is 0 Å². The zero-order valence-electron chi connectivity index (χ0n) is 16.0. The van der Waals surface area contributed by atoms with Crippen molar-refractivity contribution in [2.24, 2.45) is 0 Å². The minimum atomic E-state index is -0.322. The van der Waals surface area contributed by atoms with Gasteiger partial charge in [0.25, 0.3) is 11.5 Å². The Balaban J connectivity index is 1.60. The molecule has 4 rings (SSSR count). The van der Waals surface area contributed by atoms with Gasteiger partial charge in [0.05, 0.1) is 5.69 Å². The van der Waals surface area contributed by atoms with Crippen LogP contribution in [0, 0.1) is 12.7 Å². The Kier molecular flexibility index (Phi) is 5.12. The maximum atomic E-state index is 13.0. The van der Waals surface area contributed by atoms with Crippen molar-refractivity contribution in [3.8, 4) is 5.69 Å². The van der Waals surface area contributed by atoms with Crippen LogP contribution in [0.2, 0.25) is 0 Å². The molecule has 29 heavy (non-hydrogen) atoms. The third-order valence-corrected chi connectivity index (χ3v) is 4.86. The Labute approximate surface area is 167 Å².